The molecular formula is C17H18N2O. The van der Waals surface area contributed by atoms with E-state index < -0.39 is 0 Å². The van der Waals surface area contributed by atoms with E-state index in [1.807, 2.05) is 55.5 Å². The van der Waals surface area contributed by atoms with E-state index in [0.29, 0.717) is 6.42 Å². The van der Waals surface area contributed by atoms with Crippen molar-refractivity contribution < 1.29 is 4.79 Å². The molecule has 0 spiro atoms. The highest BCUT2D eigenvalue weighted by Gasteiger charge is 2.03. The second kappa shape index (κ2) is 6.66. The van der Waals surface area contributed by atoms with Crippen molar-refractivity contribution in [1.82, 2.24) is 5.43 Å². The largest absolute Gasteiger partial charge is 0.273 e. The first kappa shape index (κ1) is 14.0. The molecule has 2 aromatic carbocycles. The molecule has 0 aliphatic rings. The lowest BCUT2D eigenvalue weighted by atomic mass is 10.0. The number of amides is 1. The van der Waals surface area contributed by atoms with E-state index in [0.717, 1.165) is 11.1 Å². The molecule has 0 saturated heterocycles. The van der Waals surface area contributed by atoms with Gasteiger partial charge in [0.2, 0.25) is 5.91 Å². The predicted octanol–water partition coefficient (Wildman–Crippen LogP) is 3.00. The van der Waals surface area contributed by atoms with E-state index in [-0.39, 0.29) is 5.91 Å². The SMILES string of the molecule is Cc1ccc(CC(=O)N/N=C\c2ccccc2)cc1C. The van der Waals surface area contributed by atoms with Crippen LogP contribution in [0.3, 0.4) is 0 Å². The van der Waals surface area contributed by atoms with Gasteiger partial charge in [0, 0.05) is 0 Å². The molecule has 0 atom stereocenters. The van der Waals surface area contributed by atoms with Gasteiger partial charge in [-0.1, -0.05) is 48.5 Å². The third-order valence-corrected chi connectivity index (χ3v) is 3.14. The van der Waals surface area contributed by atoms with E-state index in [9.17, 15) is 4.79 Å². The zero-order valence-electron chi connectivity index (χ0n) is 11.8. The zero-order chi connectivity index (χ0) is 14.4. The number of carbonyl (C=O) groups is 1. The van der Waals surface area contributed by atoms with Crippen LogP contribution in [0, 0.1) is 13.8 Å². The Labute approximate surface area is 119 Å². The summed E-state index contributed by atoms with van der Waals surface area (Å²) in [5, 5.41) is 3.95. The molecule has 2 rings (SSSR count). The fraction of sp³-hybridized carbons (Fsp3) is 0.176. The molecule has 1 amide bonds. The second-order valence-corrected chi connectivity index (χ2v) is 4.80. The lowest BCUT2D eigenvalue weighted by molar-refractivity contribution is -0.120. The van der Waals surface area contributed by atoms with Crippen LogP contribution in [0.15, 0.2) is 53.6 Å². The van der Waals surface area contributed by atoms with Crippen molar-refractivity contribution in [1.29, 1.82) is 0 Å². The zero-order valence-corrected chi connectivity index (χ0v) is 11.8. The minimum atomic E-state index is -0.111. The third-order valence-electron chi connectivity index (χ3n) is 3.14. The van der Waals surface area contributed by atoms with E-state index in [4.69, 9.17) is 0 Å². The van der Waals surface area contributed by atoms with Crippen molar-refractivity contribution in [2.75, 3.05) is 0 Å². The Morgan fingerprint density at radius 1 is 1.10 bits per heavy atom. The van der Waals surface area contributed by atoms with Gasteiger partial charge in [-0.05, 0) is 36.1 Å². The standard InChI is InChI=1S/C17H18N2O/c1-13-8-9-16(10-14(13)2)11-17(20)19-18-12-15-6-4-3-5-7-15/h3-10,12H,11H2,1-2H3,(H,19,20)/b18-12-. The first-order chi connectivity index (χ1) is 9.65. The van der Waals surface area contributed by atoms with Gasteiger partial charge in [0.05, 0.1) is 12.6 Å². The van der Waals surface area contributed by atoms with Crippen LogP contribution in [-0.4, -0.2) is 12.1 Å². The van der Waals surface area contributed by atoms with Gasteiger partial charge in [-0.3, -0.25) is 4.79 Å². The molecule has 0 aromatic heterocycles. The Kier molecular flexibility index (Phi) is 4.66. The Bertz CT molecular complexity index is 618. The van der Waals surface area contributed by atoms with Crippen LogP contribution in [0.2, 0.25) is 0 Å². The summed E-state index contributed by atoms with van der Waals surface area (Å²) in [6, 6.07) is 15.7. The molecule has 20 heavy (non-hydrogen) atoms. The van der Waals surface area contributed by atoms with Gasteiger partial charge in [-0.25, -0.2) is 5.43 Å². The number of carbonyl (C=O) groups excluding carboxylic acids is 1. The van der Waals surface area contributed by atoms with Gasteiger partial charge < -0.3 is 0 Å². The van der Waals surface area contributed by atoms with Gasteiger partial charge in [-0.2, -0.15) is 5.10 Å². The van der Waals surface area contributed by atoms with E-state index in [2.05, 4.69) is 17.5 Å². The number of hydrogen-bond donors (Lipinski definition) is 1. The Morgan fingerprint density at radius 2 is 1.85 bits per heavy atom. The van der Waals surface area contributed by atoms with Gasteiger partial charge >= 0.3 is 0 Å². The van der Waals surface area contributed by atoms with Crippen LogP contribution in [0.5, 0.6) is 0 Å². The van der Waals surface area contributed by atoms with Crippen LogP contribution < -0.4 is 5.43 Å². The van der Waals surface area contributed by atoms with E-state index in [1.165, 1.54) is 11.1 Å². The van der Waals surface area contributed by atoms with Gasteiger partial charge in [0.15, 0.2) is 0 Å². The minimum Gasteiger partial charge on any atom is -0.273 e. The van der Waals surface area contributed by atoms with Crippen LogP contribution in [0.1, 0.15) is 22.3 Å². The molecule has 0 saturated carbocycles. The molecule has 2 aromatic rings. The summed E-state index contributed by atoms with van der Waals surface area (Å²) >= 11 is 0. The molecule has 102 valence electrons. The van der Waals surface area contributed by atoms with Crippen molar-refractivity contribution >= 4 is 12.1 Å². The average Bonchev–Trinajstić information content (AvgIpc) is 2.44. The molecule has 3 nitrogen and oxygen atoms in total. The summed E-state index contributed by atoms with van der Waals surface area (Å²) in [7, 11) is 0. The highest BCUT2D eigenvalue weighted by atomic mass is 16.2. The first-order valence-electron chi connectivity index (χ1n) is 6.58. The molecule has 0 radical (unpaired) electrons. The molecule has 0 aliphatic heterocycles. The summed E-state index contributed by atoms with van der Waals surface area (Å²) < 4.78 is 0. The normalized spacial score (nSPS) is 10.7. The number of hydrogen-bond acceptors (Lipinski definition) is 2. The minimum absolute atomic E-state index is 0.111. The second-order valence-electron chi connectivity index (χ2n) is 4.80. The Balaban J connectivity index is 1.89. The molecule has 3 heteroatoms. The molecule has 0 unspecified atom stereocenters. The maximum absolute atomic E-state index is 11.8. The van der Waals surface area contributed by atoms with Gasteiger partial charge in [0.1, 0.15) is 0 Å². The van der Waals surface area contributed by atoms with Crippen LogP contribution >= 0.6 is 0 Å². The fourth-order valence-corrected chi connectivity index (χ4v) is 1.86. The van der Waals surface area contributed by atoms with Gasteiger partial charge in [-0.15, -0.1) is 0 Å². The molecule has 0 heterocycles. The van der Waals surface area contributed by atoms with Crippen LogP contribution in [0.4, 0.5) is 0 Å². The average molecular weight is 266 g/mol. The highest BCUT2D eigenvalue weighted by Crippen LogP contribution is 2.10. The Morgan fingerprint density at radius 3 is 2.55 bits per heavy atom. The maximum Gasteiger partial charge on any atom is 0.244 e. The van der Waals surface area contributed by atoms with Crippen molar-refractivity contribution in [2.45, 2.75) is 20.3 Å². The predicted molar refractivity (Wildman–Crippen MR) is 81.8 cm³/mol. The van der Waals surface area contributed by atoms with Gasteiger partial charge in [0.25, 0.3) is 0 Å². The maximum atomic E-state index is 11.8. The molecule has 1 N–H and O–H groups in total. The number of benzene rings is 2. The topological polar surface area (TPSA) is 41.5 Å². The summed E-state index contributed by atoms with van der Waals surface area (Å²) in [6.45, 7) is 4.10. The molecule has 0 aliphatic carbocycles. The lowest BCUT2D eigenvalue weighted by Gasteiger charge is -2.04. The fourth-order valence-electron chi connectivity index (χ4n) is 1.86. The molecule has 0 bridgehead atoms. The molecule has 0 fully saturated rings. The highest BCUT2D eigenvalue weighted by molar-refractivity contribution is 5.83. The van der Waals surface area contributed by atoms with Crippen molar-refractivity contribution in [3.8, 4) is 0 Å². The summed E-state index contributed by atoms with van der Waals surface area (Å²) in [4.78, 5) is 11.8. The number of nitrogens with one attached hydrogen (secondary N) is 1. The smallest absolute Gasteiger partial charge is 0.244 e. The summed E-state index contributed by atoms with van der Waals surface area (Å²) in [5.74, 6) is -0.111. The van der Waals surface area contributed by atoms with Crippen molar-refractivity contribution in [3.63, 3.8) is 0 Å². The van der Waals surface area contributed by atoms with Crippen LogP contribution in [-0.2, 0) is 11.2 Å². The molecular weight excluding hydrogens is 248 g/mol. The van der Waals surface area contributed by atoms with E-state index >= 15 is 0 Å². The quantitative estimate of drug-likeness (QED) is 0.671. The Hall–Kier alpha value is -2.42. The monoisotopic (exact) mass is 266 g/mol. The van der Waals surface area contributed by atoms with E-state index in [1.54, 1.807) is 6.21 Å². The van der Waals surface area contributed by atoms with Crippen molar-refractivity contribution in [2.24, 2.45) is 5.10 Å². The number of nitrogens with zero attached hydrogens (tertiary/aromatic N) is 1. The lowest BCUT2D eigenvalue weighted by Crippen LogP contribution is -2.19. The third kappa shape index (κ3) is 4.05. The van der Waals surface area contributed by atoms with Crippen molar-refractivity contribution in [3.05, 3.63) is 70.8 Å². The summed E-state index contributed by atoms with van der Waals surface area (Å²) in [6.07, 6.45) is 1.98. The number of hydrazone groups is 1. The summed E-state index contributed by atoms with van der Waals surface area (Å²) in [5.41, 5.74) is 6.93. The van der Waals surface area contributed by atoms with Crippen LogP contribution in [0.25, 0.3) is 0 Å². The first-order valence-corrected chi connectivity index (χ1v) is 6.58. The number of aryl methyl sites for hydroxylation is 2. The number of rotatable bonds is 4.